The fourth-order valence-electron chi connectivity index (χ4n) is 3.05. The van der Waals surface area contributed by atoms with Crippen molar-refractivity contribution in [3.8, 4) is 5.75 Å². The SMILES string of the molecule is CCOc1cc(Nc2nc(Br)cn3ccnc23)ccc1N1CCOCC1. The molecule has 3 aromatic rings. The number of anilines is 3. The zero-order valence-corrected chi connectivity index (χ0v) is 16.1. The third-order valence-corrected chi connectivity index (χ3v) is 4.60. The van der Waals surface area contributed by atoms with Gasteiger partial charge in [-0.15, -0.1) is 0 Å². The predicted molar refractivity (Wildman–Crippen MR) is 105 cm³/mol. The van der Waals surface area contributed by atoms with Crippen LogP contribution in [-0.2, 0) is 4.74 Å². The maximum absolute atomic E-state index is 5.89. The topological polar surface area (TPSA) is 63.9 Å². The lowest BCUT2D eigenvalue weighted by molar-refractivity contribution is 0.122. The van der Waals surface area contributed by atoms with Crippen molar-refractivity contribution in [2.24, 2.45) is 0 Å². The smallest absolute Gasteiger partial charge is 0.180 e. The minimum Gasteiger partial charge on any atom is -0.492 e. The lowest BCUT2D eigenvalue weighted by Crippen LogP contribution is -2.36. The van der Waals surface area contributed by atoms with Crippen LogP contribution < -0.4 is 15.0 Å². The highest BCUT2D eigenvalue weighted by atomic mass is 79.9. The molecular weight excluding hydrogens is 398 g/mol. The van der Waals surface area contributed by atoms with Gasteiger partial charge in [-0.3, -0.25) is 0 Å². The Morgan fingerprint density at radius 1 is 1.31 bits per heavy atom. The Bertz CT molecular complexity index is 908. The summed E-state index contributed by atoms with van der Waals surface area (Å²) < 4.78 is 14.0. The van der Waals surface area contributed by atoms with Crippen molar-refractivity contribution in [2.45, 2.75) is 6.92 Å². The lowest BCUT2D eigenvalue weighted by Gasteiger charge is -2.30. The molecule has 0 bridgehead atoms. The Labute approximate surface area is 160 Å². The van der Waals surface area contributed by atoms with E-state index in [2.05, 4.69) is 42.2 Å². The average molecular weight is 418 g/mol. The molecule has 7 nitrogen and oxygen atoms in total. The van der Waals surface area contributed by atoms with Crippen LogP contribution in [0.15, 0.2) is 41.4 Å². The van der Waals surface area contributed by atoms with Gasteiger partial charge in [-0.25, -0.2) is 9.97 Å². The predicted octanol–water partition coefficient (Wildman–Crippen LogP) is 3.47. The molecule has 0 unspecified atom stereocenters. The average Bonchev–Trinajstić information content (AvgIpc) is 3.11. The first-order valence-corrected chi connectivity index (χ1v) is 9.39. The van der Waals surface area contributed by atoms with E-state index in [4.69, 9.17) is 9.47 Å². The number of benzene rings is 1. The number of nitrogens with one attached hydrogen (secondary N) is 1. The Morgan fingerprint density at radius 3 is 2.96 bits per heavy atom. The van der Waals surface area contributed by atoms with E-state index in [1.54, 1.807) is 6.20 Å². The van der Waals surface area contributed by atoms with E-state index in [1.165, 1.54) is 0 Å². The molecule has 0 atom stereocenters. The number of hydrogen-bond acceptors (Lipinski definition) is 6. The molecule has 2 aromatic heterocycles. The van der Waals surface area contributed by atoms with Gasteiger partial charge in [-0.05, 0) is 35.0 Å². The quantitative estimate of drug-likeness (QED) is 0.685. The number of ether oxygens (including phenoxy) is 2. The van der Waals surface area contributed by atoms with Crippen LogP contribution in [-0.4, -0.2) is 47.3 Å². The van der Waals surface area contributed by atoms with Gasteiger partial charge in [0.25, 0.3) is 0 Å². The van der Waals surface area contributed by atoms with Gasteiger partial charge in [-0.1, -0.05) is 0 Å². The number of aromatic nitrogens is 3. The number of hydrogen-bond donors (Lipinski definition) is 1. The fourth-order valence-corrected chi connectivity index (χ4v) is 3.45. The van der Waals surface area contributed by atoms with Crippen LogP contribution in [0.1, 0.15) is 6.92 Å². The van der Waals surface area contributed by atoms with E-state index in [1.807, 2.05) is 35.9 Å². The molecule has 1 aliphatic rings. The third-order valence-electron chi connectivity index (χ3n) is 4.22. The molecule has 1 N–H and O–H groups in total. The van der Waals surface area contributed by atoms with Crippen molar-refractivity contribution in [2.75, 3.05) is 43.1 Å². The Morgan fingerprint density at radius 2 is 2.15 bits per heavy atom. The van der Waals surface area contributed by atoms with Gasteiger partial charge in [0, 0.05) is 43.4 Å². The molecule has 1 saturated heterocycles. The highest BCUT2D eigenvalue weighted by Crippen LogP contribution is 2.33. The number of nitrogens with zero attached hydrogens (tertiary/aromatic N) is 4. The summed E-state index contributed by atoms with van der Waals surface area (Å²) in [6, 6.07) is 6.13. The molecule has 3 heterocycles. The summed E-state index contributed by atoms with van der Waals surface area (Å²) in [4.78, 5) is 11.2. The summed E-state index contributed by atoms with van der Waals surface area (Å²) in [5, 5.41) is 3.36. The molecule has 0 radical (unpaired) electrons. The highest BCUT2D eigenvalue weighted by Gasteiger charge is 2.17. The largest absolute Gasteiger partial charge is 0.492 e. The van der Waals surface area contributed by atoms with E-state index >= 15 is 0 Å². The molecule has 4 rings (SSSR count). The molecule has 26 heavy (non-hydrogen) atoms. The highest BCUT2D eigenvalue weighted by molar-refractivity contribution is 9.10. The first kappa shape index (κ1) is 17.1. The van der Waals surface area contributed by atoms with Gasteiger partial charge in [0.1, 0.15) is 10.4 Å². The van der Waals surface area contributed by atoms with Crippen molar-refractivity contribution in [3.05, 3.63) is 41.4 Å². The molecule has 0 amide bonds. The number of morpholine rings is 1. The van der Waals surface area contributed by atoms with Crippen LogP contribution in [0, 0.1) is 0 Å². The monoisotopic (exact) mass is 417 g/mol. The van der Waals surface area contributed by atoms with E-state index in [0.29, 0.717) is 12.4 Å². The summed E-state index contributed by atoms with van der Waals surface area (Å²) in [6.45, 7) is 5.83. The Hall–Kier alpha value is -2.32. The van der Waals surface area contributed by atoms with Crippen molar-refractivity contribution < 1.29 is 9.47 Å². The first-order chi connectivity index (χ1) is 12.7. The minimum atomic E-state index is 0.612. The summed E-state index contributed by atoms with van der Waals surface area (Å²) in [7, 11) is 0. The van der Waals surface area contributed by atoms with Crippen LogP contribution in [0.5, 0.6) is 5.75 Å². The normalized spacial score (nSPS) is 14.6. The van der Waals surface area contributed by atoms with E-state index in [0.717, 1.165) is 53.7 Å². The molecule has 1 fully saturated rings. The van der Waals surface area contributed by atoms with Crippen LogP contribution in [0.3, 0.4) is 0 Å². The standard InChI is InChI=1S/C18H20BrN5O2/c1-2-26-15-11-13(3-4-14(15)23-7-9-25-10-8-23)21-17-18-20-5-6-24(18)12-16(19)22-17/h3-6,11-12H,2,7-10H2,1H3,(H,21,22). The van der Waals surface area contributed by atoms with Gasteiger partial charge < -0.3 is 24.1 Å². The second-order valence-corrected chi connectivity index (χ2v) is 6.72. The summed E-state index contributed by atoms with van der Waals surface area (Å²) in [6.07, 6.45) is 5.52. The lowest BCUT2D eigenvalue weighted by atomic mass is 10.2. The number of rotatable bonds is 5. The van der Waals surface area contributed by atoms with Gasteiger partial charge in [0.15, 0.2) is 11.5 Å². The minimum absolute atomic E-state index is 0.612. The Balaban J connectivity index is 1.66. The molecule has 0 saturated carbocycles. The van der Waals surface area contributed by atoms with Gasteiger partial charge >= 0.3 is 0 Å². The summed E-state index contributed by atoms with van der Waals surface area (Å²) >= 11 is 3.44. The maximum atomic E-state index is 5.89. The fraction of sp³-hybridized carbons (Fsp3) is 0.333. The first-order valence-electron chi connectivity index (χ1n) is 8.60. The Kier molecular flexibility index (Phi) is 4.94. The molecule has 1 aliphatic heterocycles. The molecule has 8 heteroatoms. The van der Waals surface area contributed by atoms with Crippen LogP contribution in [0.4, 0.5) is 17.2 Å². The van der Waals surface area contributed by atoms with Gasteiger partial charge in [-0.2, -0.15) is 0 Å². The van der Waals surface area contributed by atoms with E-state index in [9.17, 15) is 0 Å². The van der Waals surface area contributed by atoms with Crippen molar-refractivity contribution >= 4 is 38.8 Å². The van der Waals surface area contributed by atoms with Crippen LogP contribution in [0.2, 0.25) is 0 Å². The van der Waals surface area contributed by atoms with Crippen LogP contribution in [0.25, 0.3) is 5.65 Å². The van der Waals surface area contributed by atoms with Crippen molar-refractivity contribution in [1.82, 2.24) is 14.4 Å². The van der Waals surface area contributed by atoms with Crippen LogP contribution >= 0.6 is 15.9 Å². The summed E-state index contributed by atoms with van der Waals surface area (Å²) in [5.41, 5.74) is 2.76. The zero-order chi connectivity index (χ0) is 17.9. The molecule has 0 aliphatic carbocycles. The zero-order valence-electron chi connectivity index (χ0n) is 14.5. The van der Waals surface area contributed by atoms with Crippen molar-refractivity contribution in [3.63, 3.8) is 0 Å². The number of halogens is 1. The maximum Gasteiger partial charge on any atom is 0.180 e. The number of imidazole rings is 1. The second-order valence-electron chi connectivity index (χ2n) is 5.91. The molecule has 1 aromatic carbocycles. The van der Waals surface area contributed by atoms with Gasteiger partial charge in [0.2, 0.25) is 0 Å². The molecule has 0 spiro atoms. The van der Waals surface area contributed by atoms with Gasteiger partial charge in [0.05, 0.1) is 25.5 Å². The second kappa shape index (κ2) is 7.51. The van der Waals surface area contributed by atoms with E-state index < -0.39 is 0 Å². The molecular formula is C18H20BrN5O2. The van der Waals surface area contributed by atoms with E-state index in [-0.39, 0.29) is 0 Å². The number of fused-ring (bicyclic) bond motifs is 1. The van der Waals surface area contributed by atoms with Crippen molar-refractivity contribution in [1.29, 1.82) is 0 Å². The summed E-state index contributed by atoms with van der Waals surface area (Å²) in [5.74, 6) is 1.54. The molecule has 136 valence electrons. The third kappa shape index (κ3) is 3.47.